The highest BCUT2D eigenvalue weighted by molar-refractivity contribution is 5.48. The number of hydrogen-bond donors (Lipinski definition) is 0. The molecule has 1 fully saturated rings. The van der Waals surface area contributed by atoms with E-state index in [1.54, 1.807) is 0 Å². The van der Waals surface area contributed by atoms with E-state index in [1.165, 1.54) is 0 Å². The van der Waals surface area contributed by atoms with Crippen LogP contribution in [0.4, 0.5) is 8.78 Å². The summed E-state index contributed by atoms with van der Waals surface area (Å²) in [4.78, 5) is 10.0. The Hall–Kier alpha value is -0.470. The van der Waals surface area contributed by atoms with E-state index >= 15 is 0 Å². The summed E-state index contributed by atoms with van der Waals surface area (Å²) >= 11 is 0. The third-order valence-electron chi connectivity index (χ3n) is 2.77. The molecular weight excluding hydrogens is 174 g/mol. The zero-order chi connectivity index (χ0) is 9.73. The molecule has 3 heteroatoms. The van der Waals surface area contributed by atoms with Crippen LogP contribution in [-0.2, 0) is 4.79 Å². The third kappa shape index (κ3) is 3.83. The summed E-state index contributed by atoms with van der Waals surface area (Å²) in [5.41, 5.74) is 0. The molecule has 0 aliphatic heterocycles. The molecule has 0 aromatic rings. The first kappa shape index (κ1) is 10.6. The number of carbonyl (C=O) groups excluding carboxylic acids is 1. The zero-order valence-electron chi connectivity index (χ0n) is 7.77. The van der Waals surface area contributed by atoms with Gasteiger partial charge in [-0.3, -0.25) is 0 Å². The molecule has 0 atom stereocenters. The van der Waals surface area contributed by atoms with Crippen molar-refractivity contribution in [2.24, 2.45) is 5.92 Å². The zero-order valence-corrected chi connectivity index (χ0v) is 7.77. The van der Waals surface area contributed by atoms with Gasteiger partial charge in [-0.05, 0) is 25.2 Å². The smallest absolute Gasteiger partial charge is 0.248 e. The SMILES string of the molecule is O=CCCCC1CCC(F)(F)CC1. The van der Waals surface area contributed by atoms with Gasteiger partial charge < -0.3 is 4.79 Å². The second-order valence-electron chi connectivity index (χ2n) is 3.90. The Morgan fingerprint density at radius 3 is 2.46 bits per heavy atom. The molecule has 1 rings (SSSR count). The Balaban J connectivity index is 2.14. The van der Waals surface area contributed by atoms with Crippen LogP contribution in [0.1, 0.15) is 44.9 Å². The molecular formula is C10H16F2O. The number of unbranched alkanes of at least 4 members (excludes halogenated alkanes) is 1. The van der Waals surface area contributed by atoms with E-state index in [4.69, 9.17) is 0 Å². The van der Waals surface area contributed by atoms with Crippen LogP contribution >= 0.6 is 0 Å². The van der Waals surface area contributed by atoms with Crippen LogP contribution < -0.4 is 0 Å². The summed E-state index contributed by atoms with van der Waals surface area (Å²) in [6.45, 7) is 0. The van der Waals surface area contributed by atoms with Gasteiger partial charge in [-0.25, -0.2) is 8.78 Å². The minimum atomic E-state index is -2.42. The van der Waals surface area contributed by atoms with Crippen LogP contribution in [0.25, 0.3) is 0 Å². The van der Waals surface area contributed by atoms with E-state index in [9.17, 15) is 13.6 Å². The van der Waals surface area contributed by atoms with Crippen molar-refractivity contribution in [3.63, 3.8) is 0 Å². The molecule has 0 N–H and O–H groups in total. The van der Waals surface area contributed by atoms with Crippen LogP contribution in [0.2, 0.25) is 0 Å². The minimum absolute atomic E-state index is 0.0404. The maximum atomic E-state index is 12.7. The van der Waals surface area contributed by atoms with Crippen molar-refractivity contribution in [1.82, 2.24) is 0 Å². The van der Waals surface area contributed by atoms with Gasteiger partial charge in [-0.15, -0.1) is 0 Å². The van der Waals surface area contributed by atoms with Gasteiger partial charge in [0.05, 0.1) is 0 Å². The Labute approximate surface area is 77.5 Å². The Bertz CT molecular complexity index is 158. The molecule has 1 aliphatic carbocycles. The molecule has 13 heavy (non-hydrogen) atoms. The van der Waals surface area contributed by atoms with Crippen LogP contribution in [0.3, 0.4) is 0 Å². The summed E-state index contributed by atoms with van der Waals surface area (Å²) in [5, 5.41) is 0. The Morgan fingerprint density at radius 2 is 1.92 bits per heavy atom. The summed E-state index contributed by atoms with van der Waals surface area (Å²) in [6, 6.07) is 0. The minimum Gasteiger partial charge on any atom is -0.303 e. The molecule has 0 aromatic heterocycles. The van der Waals surface area contributed by atoms with E-state index < -0.39 is 5.92 Å². The lowest BCUT2D eigenvalue weighted by molar-refractivity contribution is -0.108. The highest BCUT2D eigenvalue weighted by Gasteiger charge is 2.34. The molecule has 0 aromatic carbocycles. The van der Waals surface area contributed by atoms with Crippen LogP contribution in [0.5, 0.6) is 0 Å². The average Bonchev–Trinajstić information content (AvgIpc) is 2.08. The normalized spacial score (nSPS) is 22.9. The fourth-order valence-corrected chi connectivity index (χ4v) is 1.88. The fraction of sp³-hybridized carbons (Fsp3) is 0.900. The van der Waals surface area contributed by atoms with Gasteiger partial charge >= 0.3 is 0 Å². The van der Waals surface area contributed by atoms with E-state index in [0.717, 1.165) is 19.1 Å². The van der Waals surface area contributed by atoms with Crippen LogP contribution in [0.15, 0.2) is 0 Å². The van der Waals surface area contributed by atoms with Crippen LogP contribution in [-0.4, -0.2) is 12.2 Å². The molecule has 1 saturated carbocycles. The molecule has 76 valence electrons. The maximum Gasteiger partial charge on any atom is 0.248 e. The molecule has 0 heterocycles. The largest absolute Gasteiger partial charge is 0.303 e. The summed E-state index contributed by atoms with van der Waals surface area (Å²) in [6.07, 6.45) is 4.62. The maximum absolute atomic E-state index is 12.7. The highest BCUT2D eigenvalue weighted by Crippen LogP contribution is 2.37. The fourth-order valence-electron chi connectivity index (χ4n) is 1.88. The summed E-state index contributed by atoms with van der Waals surface area (Å²) < 4.78 is 25.4. The number of aldehydes is 1. The van der Waals surface area contributed by atoms with Crippen molar-refractivity contribution in [2.45, 2.75) is 50.9 Å². The lowest BCUT2D eigenvalue weighted by atomic mass is 9.84. The molecule has 0 radical (unpaired) electrons. The molecule has 0 spiro atoms. The first-order valence-corrected chi connectivity index (χ1v) is 4.95. The quantitative estimate of drug-likeness (QED) is 0.491. The topological polar surface area (TPSA) is 17.1 Å². The first-order valence-electron chi connectivity index (χ1n) is 4.95. The second kappa shape index (κ2) is 4.68. The second-order valence-corrected chi connectivity index (χ2v) is 3.90. The molecule has 0 saturated heterocycles. The number of hydrogen-bond acceptors (Lipinski definition) is 1. The predicted octanol–water partition coefficient (Wildman–Crippen LogP) is 3.18. The number of carbonyl (C=O) groups is 1. The Kier molecular flexibility index (Phi) is 3.82. The molecule has 0 unspecified atom stereocenters. The average molecular weight is 190 g/mol. The van der Waals surface area contributed by atoms with Gasteiger partial charge in [0.25, 0.3) is 0 Å². The van der Waals surface area contributed by atoms with Crippen molar-refractivity contribution in [3.05, 3.63) is 0 Å². The van der Waals surface area contributed by atoms with E-state index in [2.05, 4.69) is 0 Å². The standard InChI is InChI=1S/C10H16F2O/c11-10(12)6-4-9(5-7-10)3-1-2-8-13/h8-9H,1-7H2. The van der Waals surface area contributed by atoms with Gasteiger partial charge in [0.2, 0.25) is 5.92 Å². The van der Waals surface area contributed by atoms with E-state index in [0.29, 0.717) is 25.2 Å². The van der Waals surface area contributed by atoms with Gasteiger partial charge in [0.15, 0.2) is 0 Å². The van der Waals surface area contributed by atoms with E-state index in [1.807, 2.05) is 0 Å². The number of alkyl halides is 2. The van der Waals surface area contributed by atoms with Crippen LogP contribution in [0, 0.1) is 5.92 Å². The van der Waals surface area contributed by atoms with Crippen molar-refractivity contribution in [1.29, 1.82) is 0 Å². The van der Waals surface area contributed by atoms with Gasteiger partial charge in [-0.1, -0.05) is 6.42 Å². The lowest BCUT2D eigenvalue weighted by Crippen LogP contribution is -2.24. The van der Waals surface area contributed by atoms with Gasteiger partial charge in [-0.2, -0.15) is 0 Å². The predicted molar refractivity (Wildman–Crippen MR) is 46.8 cm³/mol. The number of rotatable bonds is 4. The number of halogens is 2. The molecule has 1 aliphatic rings. The Morgan fingerprint density at radius 1 is 1.31 bits per heavy atom. The molecule has 0 amide bonds. The monoisotopic (exact) mass is 190 g/mol. The molecule has 0 bridgehead atoms. The summed E-state index contributed by atoms with van der Waals surface area (Å²) in [7, 11) is 0. The van der Waals surface area contributed by atoms with Gasteiger partial charge in [0, 0.05) is 19.3 Å². The highest BCUT2D eigenvalue weighted by atomic mass is 19.3. The third-order valence-corrected chi connectivity index (χ3v) is 2.77. The van der Waals surface area contributed by atoms with Gasteiger partial charge in [0.1, 0.15) is 6.29 Å². The van der Waals surface area contributed by atoms with E-state index in [-0.39, 0.29) is 12.8 Å². The van der Waals surface area contributed by atoms with Crippen molar-refractivity contribution in [3.8, 4) is 0 Å². The van der Waals surface area contributed by atoms with Crippen molar-refractivity contribution >= 4 is 6.29 Å². The van der Waals surface area contributed by atoms with Crippen molar-refractivity contribution < 1.29 is 13.6 Å². The molecule has 1 nitrogen and oxygen atoms in total. The summed E-state index contributed by atoms with van der Waals surface area (Å²) in [5.74, 6) is -1.99. The first-order chi connectivity index (χ1) is 6.14. The van der Waals surface area contributed by atoms with Crippen molar-refractivity contribution in [2.75, 3.05) is 0 Å². The lowest BCUT2D eigenvalue weighted by Gasteiger charge is -2.27.